The summed E-state index contributed by atoms with van der Waals surface area (Å²) in [6, 6.07) is 0. The molecule has 0 amide bonds. The number of ether oxygens (including phenoxy) is 2. The summed E-state index contributed by atoms with van der Waals surface area (Å²) in [5.74, 6) is -1.85. The summed E-state index contributed by atoms with van der Waals surface area (Å²) in [6.45, 7) is 3.77. The second-order valence-electron chi connectivity index (χ2n) is 5.98. The first-order valence-electron chi connectivity index (χ1n) is 7.52. The van der Waals surface area contributed by atoms with Crippen LogP contribution in [0.25, 0.3) is 0 Å². The first-order chi connectivity index (χ1) is 10.2. The first kappa shape index (κ1) is 18.9. The van der Waals surface area contributed by atoms with Crippen LogP contribution >= 0.6 is 0 Å². The van der Waals surface area contributed by atoms with E-state index in [1.54, 1.807) is 0 Å². The third-order valence-electron chi connectivity index (χ3n) is 3.39. The van der Waals surface area contributed by atoms with Gasteiger partial charge in [-0.1, -0.05) is 20.3 Å². The van der Waals surface area contributed by atoms with Crippen LogP contribution in [0.3, 0.4) is 0 Å². The monoisotopic (exact) mass is 336 g/mol. The summed E-state index contributed by atoms with van der Waals surface area (Å²) in [5.41, 5.74) is 0. The molecular weight excluding hydrogens is 312 g/mol. The molecule has 0 heterocycles. The Bertz CT molecular complexity index is 477. The minimum absolute atomic E-state index is 0.0855. The molecule has 1 saturated carbocycles. The molecule has 22 heavy (non-hydrogen) atoms. The summed E-state index contributed by atoms with van der Waals surface area (Å²) < 4.78 is 41.8. The van der Waals surface area contributed by atoms with Gasteiger partial charge >= 0.3 is 11.9 Å². The lowest BCUT2D eigenvalue weighted by Gasteiger charge is -2.23. The molecule has 0 bridgehead atoms. The number of esters is 2. The second kappa shape index (κ2) is 8.47. The SMILES string of the molecule is CC(C)COC(=O)CC(C(=O)OC1CCCCC1)S(=O)(=O)O. The minimum Gasteiger partial charge on any atom is -0.465 e. The van der Waals surface area contributed by atoms with E-state index in [1.165, 1.54) is 0 Å². The van der Waals surface area contributed by atoms with Gasteiger partial charge in [-0.25, -0.2) is 0 Å². The van der Waals surface area contributed by atoms with Crippen LogP contribution in [-0.2, 0) is 29.2 Å². The summed E-state index contributed by atoms with van der Waals surface area (Å²) in [4.78, 5) is 23.6. The van der Waals surface area contributed by atoms with Gasteiger partial charge in [-0.2, -0.15) is 8.42 Å². The van der Waals surface area contributed by atoms with E-state index in [0.29, 0.717) is 12.8 Å². The first-order valence-corrected chi connectivity index (χ1v) is 9.03. The van der Waals surface area contributed by atoms with Crippen LogP contribution in [0.1, 0.15) is 52.4 Å². The predicted molar refractivity (Wildman–Crippen MR) is 78.7 cm³/mol. The quantitative estimate of drug-likeness (QED) is 0.557. The molecule has 128 valence electrons. The average molecular weight is 336 g/mol. The molecule has 8 heteroatoms. The van der Waals surface area contributed by atoms with Crippen molar-refractivity contribution in [1.82, 2.24) is 0 Å². The summed E-state index contributed by atoms with van der Waals surface area (Å²) in [6.07, 6.45) is 3.12. The fourth-order valence-electron chi connectivity index (χ4n) is 2.20. The van der Waals surface area contributed by atoms with Crippen LogP contribution in [0.15, 0.2) is 0 Å². The number of carbonyl (C=O) groups excluding carboxylic acids is 2. The maximum absolute atomic E-state index is 12.0. The van der Waals surface area contributed by atoms with Crippen molar-refractivity contribution >= 4 is 22.1 Å². The van der Waals surface area contributed by atoms with Gasteiger partial charge in [-0.3, -0.25) is 14.1 Å². The Balaban J connectivity index is 2.63. The molecule has 7 nitrogen and oxygen atoms in total. The van der Waals surface area contributed by atoms with E-state index in [0.717, 1.165) is 19.3 Å². The van der Waals surface area contributed by atoms with Crippen molar-refractivity contribution in [3.8, 4) is 0 Å². The molecule has 1 unspecified atom stereocenters. The van der Waals surface area contributed by atoms with E-state index in [-0.39, 0.29) is 18.6 Å². The number of carbonyl (C=O) groups is 2. The normalized spacial score (nSPS) is 18.0. The van der Waals surface area contributed by atoms with Crippen molar-refractivity contribution in [2.45, 2.75) is 63.7 Å². The van der Waals surface area contributed by atoms with Crippen LogP contribution in [0.2, 0.25) is 0 Å². The zero-order valence-corrected chi connectivity index (χ0v) is 13.8. The molecular formula is C14H24O7S. The molecule has 0 spiro atoms. The van der Waals surface area contributed by atoms with Crippen LogP contribution < -0.4 is 0 Å². The molecule has 0 aromatic heterocycles. The van der Waals surface area contributed by atoms with E-state index in [4.69, 9.17) is 14.0 Å². The van der Waals surface area contributed by atoms with E-state index in [2.05, 4.69) is 0 Å². The lowest BCUT2D eigenvalue weighted by Crippen LogP contribution is -2.37. The van der Waals surface area contributed by atoms with Gasteiger partial charge in [0, 0.05) is 0 Å². The Kier molecular flexibility index (Phi) is 7.28. The molecule has 1 rings (SSSR count). The maximum Gasteiger partial charge on any atom is 0.327 e. The molecule has 1 aliphatic rings. The highest BCUT2D eigenvalue weighted by Crippen LogP contribution is 2.22. The molecule has 1 fully saturated rings. The van der Waals surface area contributed by atoms with Crippen molar-refractivity contribution in [1.29, 1.82) is 0 Å². The van der Waals surface area contributed by atoms with E-state index < -0.39 is 33.7 Å². The van der Waals surface area contributed by atoms with E-state index in [9.17, 15) is 18.0 Å². The fourth-order valence-corrected chi connectivity index (χ4v) is 2.85. The Hall–Kier alpha value is -1.15. The Morgan fingerprint density at radius 1 is 1.18 bits per heavy atom. The lowest BCUT2D eigenvalue weighted by molar-refractivity contribution is -0.154. The lowest BCUT2D eigenvalue weighted by atomic mass is 9.98. The topological polar surface area (TPSA) is 107 Å². The highest BCUT2D eigenvalue weighted by Gasteiger charge is 2.37. The molecule has 0 aromatic rings. The van der Waals surface area contributed by atoms with Crippen LogP contribution in [0, 0.1) is 5.92 Å². The minimum atomic E-state index is -4.72. The predicted octanol–water partition coefficient (Wildman–Crippen LogP) is 1.71. The number of hydrogen-bond acceptors (Lipinski definition) is 6. The van der Waals surface area contributed by atoms with E-state index >= 15 is 0 Å². The van der Waals surface area contributed by atoms with Crippen LogP contribution in [0.5, 0.6) is 0 Å². The van der Waals surface area contributed by atoms with Gasteiger partial charge in [0.1, 0.15) is 6.10 Å². The Labute approximate surface area is 131 Å². The van der Waals surface area contributed by atoms with Crippen molar-refractivity contribution in [2.24, 2.45) is 5.92 Å². The van der Waals surface area contributed by atoms with Gasteiger partial charge in [0.25, 0.3) is 10.1 Å². The molecule has 0 saturated heterocycles. The molecule has 1 aliphatic carbocycles. The smallest absolute Gasteiger partial charge is 0.327 e. The van der Waals surface area contributed by atoms with Gasteiger partial charge in [0.2, 0.25) is 0 Å². The summed E-state index contributed by atoms with van der Waals surface area (Å²) in [5, 5.41) is -1.92. The van der Waals surface area contributed by atoms with Gasteiger partial charge < -0.3 is 9.47 Å². The maximum atomic E-state index is 12.0. The zero-order chi connectivity index (χ0) is 16.8. The molecule has 1 atom stereocenters. The third kappa shape index (κ3) is 6.74. The average Bonchev–Trinajstić information content (AvgIpc) is 2.42. The van der Waals surface area contributed by atoms with Gasteiger partial charge in [-0.15, -0.1) is 0 Å². The Morgan fingerprint density at radius 2 is 1.77 bits per heavy atom. The van der Waals surface area contributed by atoms with Crippen molar-refractivity contribution < 1.29 is 32.0 Å². The fraction of sp³-hybridized carbons (Fsp3) is 0.857. The highest BCUT2D eigenvalue weighted by molar-refractivity contribution is 7.87. The second-order valence-corrected chi connectivity index (χ2v) is 7.58. The van der Waals surface area contributed by atoms with Crippen LogP contribution in [-0.4, -0.2) is 42.9 Å². The van der Waals surface area contributed by atoms with Crippen LogP contribution in [0.4, 0.5) is 0 Å². The number of hydrogen-bond donors (Lipinski definition) is 1. The molecule has 0 radical (unpaired) electrons. The Morgan fingerprint density at radius 3 is 2.27 bits per heavy atom. The van der Waals surface area contributed by atoms with Crippen molar-refractivity contribution in [3.63, 3.8) is 0 Å². The summed E-state index contributed by atoms with van der Waals surface area (Å²) >= 11 is 0. The summed E-state index contributed by atoms with van der Waals surface area (Å²) in [7, 11) is -4.72. The van der Waals surface area contributed by atoms with Crippen molar-refractivity contribution in [2.75, 3.05) is 6.61 Å². The molecule has 1 N–H and O–H groups in total. The van der Waals surface area contributed by atoms with Crippen molar-refractivity contribution in [3.05, 3.63) is 0 Å². The van der Waals surface area contributed by atoms with Gasteiger partial charge in [-0.05, 0) is 31.6 Å². The highest BCUT2D eigenvalue weighted by atomic mass is 32.2. The standard InChI is InChI=1S/C14H24O7S/c1-10(2)9-20-13(15)8-12(22(17,18)19)14(16)21-11-6-4-3-5-7-11/h10-12H,3-9H2,1-2H3,(H,17,18,19). The number of rotatable bonds is 7. The largest absolute Gasteiger partial charge is 0.465 e. The zero-order valence-electron chi connectivity index (χ0n) is 13.0. The van der Waals surface area contributed by atoms with Gasteiger partial charge in [0.15, 0.2) is 5.25 Å². The van der Waals surface area contributed by atoms with Gasteiger partial charge in [0.05, 0.1) is 13.0 Å². The third-order valence-corrected chi connectivity index (χ3v) is 4.47. The molecule has 0 aromatic carbocycles. The molecule has 0 aliphatic heterocycles. The van der Waals surface area contributed by atoms with E-state index in [1.807, 2.05) is 13.8 Å².